The van der Waals surface area contributed by atoms with E-state index in [-0.39, 0.29) is 5.56 Å². The first kappa shape index (κ1) is 9.44. The second kappa shape index (κ2) is 3.84. The molecule has 0 fully saturated rings. The van der Waals surface area contributed by atoms with Crippen molar-refractivity contribution in [2.75, 3.05) is 0 Å². The summed E-state index contributed by atoms with van der Waals surface area (Å²) in [6.07, 6.45) is 0. The maximum atomic E-state index is 11.7. The summed E-state index contributed by atoms with van der Waals surface area (Å²) in [4.78, 5) is 10.4. The average molecular weight is 187 g/mol. The number of halogens is 2. The van der Waals surface area contributed by atoms with Crippen LogP contribution in [0.15, 0.2) is 24.3 Å². The summed E-state index contributed by atoms with van der Waals surface area (Å²) in [5.74, 6) is -1.94. The maximum Gasteiger partial charge on any atom is 0.387 e. The molecule has 0 aliphatic rings. The minimum Gasteiger partial charge on any atom is -0.545 e. The zero-order valence-electron chi connectivity index (χ0n) is 6.37. The van der Waals surface area contributed by atoms with Crippen molar-refractivity contribution in [1.29, 1.82) is 0 Å². The minimum atomic E-state index is -3.04. The highest BCUT2D eigenvalue weighted by Gasteiger charge is 2.08. The van der Waals surface area contributed by atoms with Gasteiger partial charge in [0.1, 0.15) is 5.75 Å². The van der Waals surface area contributed by atoms with Gasteiger partial charge in [0.15, 0.2) is 0 Å². The predicted octanol–water partition coefficient (Wildman–Crippen LogP) is 0.651. The molecular weight excluding hydrogens is 182 g/mol. The highest BCUT2D eigenvalue weighted by atomic mass is 19.3. The Morgan fingerprint density at radius 2 is 2.00 bits per heavy atom. The molecule has 13 heavy (non-hydrogen) atoms. The average Bonchev–Trinajstić information content (AvgIpc) is 2.03. The summed E-state index contributed by atoms with van der Waals surface area (Å²) in [6, 6.07) is 5.05. The number of hydrogen-bond donors (Lipinski definition) is 0. The molecule has 70 valence electrons. The minimum absolute atomic E-state index is 0.386. The molecular formula is C8H5F2O3-. The number of benzene rings is 1. The summed E-state index contributed by atoms with van der Waals surface area (Å²) in [6.45, 7) is -3.04. The quantitative estimate of drug-likeness (QED) is 0.698. The van der Waals surface area contributed by atoms with Crippen LogP contribution in [-0.2, 0) is 0 Å². The number of hydrogen-bond acceptors (Lipinski definition) is 3. The van der Waals surface area contributed by atoms with Gasteiger partial charge in [-0.2, -0.15) is 8.78 Å². The number of ether oxygens (including phenoxy) is 1. The van der Waals surface area contributed by atoms with Crippen molar-refractivity contribution in [1.82, 2.24) is 0 Å². The highest BCUT2D eigenvalue weighted by Crippen LogP contribution is 2.18. The molecule has 1 aromatic rings. The summed E-state index contributed by atoms with van der Waals surface area (Å²) in [7, 11) is 0. The molecule has 5 heteroatoms. The van der Waals surface area contributed by atoms with Crippen LogP contribution in [0.2, 0.25) is 0 Å². The third-order valence-electron chi connectivity index (χ3n) is 1.32. The number of alkyl halides is 2. The van der Waals surface area contributed by atoms with Crippen molar-refractivity contribution < 1.29 is 23.4 Å². The number of carboxylic acid groups (broad SMARTS) is 1. The van der Waals surface area contributed by atoms with E-state index in [1.807, 2.05) is 0 Å². The predicted molar refractivity (Wildman–Crippen MR) is 37.4 cm³/mol. The van der Waals surface area contributed by atoms with Gasteiger partial charge in [0, 0.05) is 5.56 Å². The van der Waals surface area contributed by atoms with Crippen LogP contribution in [-0.4, -0.2) is 12.6 Å². The van der Waals surface area contributed by atoms with Gasteiger partial charge in [0.05, 0.1) is 5.97 Å². The van der Waals surface area contributed by atoms with Crippen molar-refractivity contribution in [3.8, 4) is 5.75 Å². The zero-order valence-corrected chi connectivity index (χ0v) is 6.37. The van der Waals surface area contributed by atoms with Crippen molar-refractivity contribution in [3.63, 3.8) is 0 Å². The van der Waals surface area contributed by atoms with Gasteiger partial charge in [-0.3, -0.25) is 0 Å². The van der Waals surface area contributed by atoms with E-state index in [0.29, 0.717) is 0 Å². The standard InChI is InChI=1S/C8H6F2O3/c9-8(10)13-6-4-2-1-3-5(6)7(11)12/h1-4,8H,(H,11,12)/p-1. The number of rotatable bonds is 3. The molecule has 0 spiro atoms. The fraction of sp³-hybridized carbons (Fsp3) is 0.125. The van der Waals surface area contributed by atoms with Crippen molar-refractivity contribution in [2.45, 2.75) is 6.61 Å². The first-order chi connectivity index (χ1) is 6.11. The van der Waals surface area contributed by atoms with E-state index in [1.165, 1.54) is 12.1 Å². The molecule has 0 atom stereocenters. The molecule has 0 heterocycles. The number of para-hydroxylation sites is 1. The zero-order chi connectivity index (χ0) is 9.84. The first-order valence-electron chi connectivity index (χ1n) is 3.36. The lowest BCUT2D eigenvalue weighted by atomic mass is 10.2. The Morgan fingerprint density at radius 1 is 1.38 bits per heavy atom. The van der Waals surface area contributed by atoms with E-state index in [4.69, 9.17) is 0 Å². The number of carbonyl (C=O) groups is 1. The molecule has 1 aromatic carbocycles. The lowest BCUT2D eigenvalue weighted by Gasteiger charge is -2.10. The van der Waals surface area contributed by atoms with Crippen molar-refractivity contribution in [3.05, 3.63) is 29.8 Å². The molecule has 0 amide bonds. The SMILES string of the molecule is O=C([O-])c1ccccc1OC(F)F. The van der Waals surface area contributed by atoms with Crippen LogP contribution in [0.1, 0.15) is 10.4 Å². The van der Waals surface area contributed by atoms with E-state index >= 15 is 0 Å². The molecule has 0 radical (unpaired) electrons. The molecule has 0 N–H and O–H groups in total. The highest BCUT2D eigenvalue weighted by molar-refractivity contribution is 5.89. The summed E-state index contributed by atoms with van der Waals surface area (Å²) in [5, 5.41) is 10.4. The van der Waals surface area contributed by atoms with Gasteiger partial charge in [-0.05, 0) is 12.1 Å². The van der Waals surface area contributed by atoms with E-state index in [2.05, 4.69) is 4.74 Å². The Bertz CT molecular complexity index is 312. The number of carboxylic acids is 1. The summed E-state index contributed by atoms with van der Waals surface area (Å²) >= 11 is 0. The monoisotopic (exact) mass is 187 g/mol. The molecule has 0 saturated carbocycles. The lowest BCUT2D eigenvalue weighted by molar-refractivity contribution is -0.255. The van der Waals surface area contributed by atoms with Gasteiger partial charge in [-0.1, -0.05) is 12.1 Å². The number of carbonyl (C=O) groups excluding carboxylic acids is 1. The smallest absolute Gasteiger partial charge is 0.387 e. The van der Waals surface area contributed by atoms with Crippen LogP contribution in [0.3, 0.4) is 0 Å². The van der Waals surface area contributed by atoms with Crippen LogP contribution in [0.4, 0.5) is 8.78 Å². The second-order valence-electron chi connectivity index (χ2n) is 2.16. The third kappa shape index (κ3) is 2.40. The van der Waals surface area contributed by atoms with Gasteiger partial charge >= 0.3 is 6.61 Å². The van der Waals surface area contributed by atoms with Gasteiger partial charge < -0.3 is 14.6 Å². The fourth-order valence-electron chi connectivity index (χ4n) is 0.834. The van der Waals surface area contributed by atoms with Crippen LogP contribution >= 0.6 is 0 Å². The molecule has 1 rings (SSSR count). The fourth-order valence-corrected chi connectivity index (χ4v) is 0.834. The largest absolute Gasteiger partial charge is 0.545 e. The van der Waals surface area contributed by atoms with Crippen molar-refractivity contribution in [2.24, 2.45) is 0 Å². The second-order valence-corrected chi connectivity index (χ2v) is 2.16. The topological polar surface area (TPSA) is 49.4 Å². The summed E-state index contributed by atoms with van der Waals surface area (Å²) in [5.41, 5.74) is -0.386. The molecule has 0 aliphatic carbocycles. The Labute approximate surface area is 72.6 Å². The lowest BCUT2D eigenvalue weighted by Crippen LogP contribution is -2.23. The molecule has 3 nitrogen and oxygen atoms in total. The van der Waals surface area contributed by atoms with E-state index in [1.54, 1.807) is 0 Å². The van der Waals surface area contributed by atoms with Crippen LogP contribution in [0.25, 0.3) is 0 Å². The summed E-state index contributed by atoms with van der Waals surface area (Å²) < 4.78 is 27.4. The van der Waals surface area contributed by atoms with Gasteiger partial charge in [0.2, 0.25) is 0 Å². The Morgan fingerprint density at radius 3 is 2.54 bits per heavy atom. The van der Waals surface area contributed by atoms with Crippen LogP contribution < -0.4 is 9.84 Å². The van der Waals surface area contributed by atoms with Crippen molar-refractivity contribution >= 4 is 5.97 Å². The molecule has 0 saturated heterocycles. The normalized spacial score (nSPS) is 10.1. The molecule has 0 aliphatic heterocycles. The maximum absolute atomic E-state index is 11.7. The van der Waals surface area contributed by atoms with Gasteiger partial charge in [0.25, 0.3) is 0 Å². The third-order valence-corrected chi connectivity index (χ3v) is 1.32. The Balaban J connectivity index is 2.98. The molecule has 0 bridgehead atoms. The molecule has 0 unspecified atom stereocenters. The van der Waals surface area contributed by atoms with E-state index in [9.17, 15) is 18.7 Å². The number of aromatic carboxylic acids is 1. The molecule has 0 aromatic heterocycles. The van der Waals surface area contributed by atoms with E-state index in [0.717, 1.165) is 12.1 Å². The Kier molecular flexibility index (Phi) is 2.79. The van der Waals surface area contributed by atoms with Crippen LogP contribution in [0.5, 0.6) is 5.75 Å². The van der Waals surface area contributed by atoms with Gasteiger partial charge in [-0.25, -0.2) is 0 Å². The Hall–Kier alpha value is -1.65. The van der Waals surface area contributed by atoms with Gasteiger partial charge in [-0.15, -0.1) is 0 Å². The van der Waals surface area contributed by atoms with E-state index < -0.39 is 18.3 Å². The first-order valence-corrected chi connectivity index (χ1v) is 3.36. The van der Waals surface area contributed by atoms with Crippen LogP contribution in [0, 0.1) is 0 Å².